The summed E-state index contributed by atoms with van der Waals surface area (Å²) >= 11 is 0. The molecule has 5 N–H and O–H groups in total. The Kier molecular flexibility index (Phi) is 10.9. The van der Waals surface area contributed by atoms with Gasteiger partial charge in [0.2, 0.25) is 0 Å². The zero-order chi connectivity index (χ0) is 26.5. The molecule has 0 aromatic heterocycles. The van der Waals surface area contributed by atoms with Crippen molar-refractivity contribution in [3.8, 4) is 5.75 Å². The second-order valence-corrected chi connectivity index (χ2v) is 8.29. The van der Waals surface area contributed by atoms with E-state index in [4.69, 9.17) is 9.47 Å². The number of nitrogens with one attached hydrogen (secondary N) is 3. The van der Waals surface area contributed by atoms with E-state index in [-0.39, 0.29) is 19.3 Å². The number of urea groups is 1. The van der Waals surface area contributed by atoms with Gasteiger partial charge in [-0.15, -0.1) is 0 Å². The van der Waals surface area contributed by atoms with Crippen LogP contribution in [0.25, 0.3) is 0 Å². The molecular formula is C28H33N3O6. The average molecular weight is 508 g/mol. The third kappa shape index (κ3) is 9.57. The van der Waals surface area contributed by atoms with Crippen molar-refractivity contribution in [3.63, 3.8) is 0 Å². The first kappa shape index (κ1) is 27.7. The Balaban J connectivity index is 1.44. The first-order valence-electron chi connectivity index (χ1n) is 12.1. The molecule has 0 fully saturated rings. The van der Waals surface area contributed by atoms with Gasteiger partial charge < -0.3 is 30.3 Å². The van der Waals surface area contributed by atoms with Crippen LogP contribution in [0, 0.1) is 0 Å². The number of aliphatic hydroxyl groups is 2. The van der Waals surface area contributed by atoms with Gasteiger partial charge in [0, 0.05) is 23.8 Å². The van der Waals surface area contributed by atoms with Crippen LogP contribution >= 0.6 is 0 Å². The van der Waals surface area contributed by atoms with Crippen molar-refractivity contribution >= 4 is 23.4 Å². The number of carbonyl (C=O) groups excluding carboxylic acids is 2. The van der Waals surface area contributed by atoms with Crippen molar-refractivity contribution in [2.45, 2.75) is 32.0 Å². The molecule has 0 aliphatic heterocycles. The monoisotopic (exact) mass is 507 g/mol. The number of esters is 1. The minimum Gasteiger partial charge on any atom is -0.493 e. The van der Waals surface area contributed by atoms with Crippen LogP contribution in [0.15, 0.2) is 78.9 Å². The maximum Gasteiger partial charge on any atom is 0.338 e. The molecule has 0 heterocycles. The van der Waals surface area contributed by atoms with Crippen LogP contribution in [0.4, 0.5) is 16.2 Å². The standard InChI is InChI=1S/C28H33N3O6/c1-2-36-27(34)21-7-6-8-23(18-21)31-28(35)30-22-13-11-20(12-14-22)17-24(19-32)29-26(33)15-16-37-25-9-4-3-5-10-25/h3-14,18,24,26,29,32-33H,2,15-17,19H2,1H3,(H2,30,31,35)/t24-,26-/m0/s1. The molecule has 196 valence electrons. The van der Waals surface area contributed by atoms with Gasteiger partial charge in [0.1, 0.15) is 12.0 Å². The quantitative estimate of drug-likeness (QED) is 0.176. The van der Waals surface area contributed by atoms with E-state index in [0.717, 1.165) is 11.3 Å². The second kappa shape index (κ2) is 14.6. The molecule has 0 aliphatic carbocycles. The van der Waals surface area contributed by atoms with Crippen LogP contribution < -0.4 is 20.7 Å². The van der Waals surface area contributed by atoms with Crippen LogP contribution in [0.2, 0.25) is 0 Å². The van der Waals surface area contributed by atoms with Gasteiger partial charge in [-0.1, -0.05) is 36.4 Å². The lowest BCUT2D eigenvalue weighted by Gasteiger charge is -2.21. The normalized spacial score (nSPS) is 12.3. The summed E-state index contributed by atoms with van der Waals surface area (Å²) in [5.74, 6) is 0.284. The summed E-state index contributed by atoms with van der Waals surface area (Å²) in [5, 5.41) is 28.4. The van der Waals surface area contributed by atoms with Gasteiger partial charge in [-0.25, -0.2) is 9.59 Å². The fraction of sp³-hybridized carbons (Fsp3) is 0.286. The highest BCUT2D eigenvalue weighted by molar-refractivity contribution is 6.00. The number of hydrogen-bond acceptors (Lipinski definition) is 7. The van der Waals surface area contributed by atoms with E-state index in [1.807, 2.05) is 42.5 Å². The van der Waals surface area contributed by atoms with Crippen molar-refractivity contribution in [1.82, 2.24) is 5.32 Å². The molecule has 2 atom stereocenters. The van der Waals surface area contributed by atoms with E-state index in [2.05, 4.69) is 16.0 Å². The lowest BCUT2D eigenvalue weighted by atomic mass is 10.1. The van der Waals surface area contributed by atoms with E-state index in [1.165, 1.54) is 0 Å². The number of para-hydroxylation sites is 1. The van der Waals surface area contributed by atoms with E-state index in [1.54, 1.807) is 43.3 Å². The predicted octanol–water partition coefficient (Wildman–Crippen LogP) is 3.79. The molecule has 3 rings (SSSR count). The van der Waals surface area contributed by atoms with Gasteiger partial charge in [0.25, 0.3) is 0 Å². The van der Waals surface area contributed by atoms with Gasteiger partial charge in [-0.2, -0.15) is 0 Å². The molecule has 0 saturated heterocycles. The first-order chi connectivity index (χ1) is 18.0. The maximum absolute atomic E-state index is 12.4. The Morgan fingerprint density at radius 3 is 2.35 bits per heavy atom. The molecule has 9 heteroatoms. The van der Waals surface area contributed by atoms with E-state index in [0.29, 0.717) is 36.4 Å². The first-order valence-corrected chi connectivity index (χ1v) is 12.1. The van der Waals surface area contributed by atoms with Crippen LogP contribution in [-0.4, -0.2) is 54.3 Å². The molecule has 0 radical (unpaired) electrons. The van der Waals surface area contributed by atoms with E-state index >= 15 is 0 Å². The fourth-order valence-electron chi connectivity index (χ4n) is 3.58. The van der Waals surface area contributed by atoms with Crippen molar-refractivity contribution in [1.29, 1.82) is 0 Å². The zero-order valence-electron chi connectivity index (χ0n) is 20.7. The Morgan fingerprint density at radius 2 is 1.65 bits per heavy atom. The number of amides is 2. The predicted molar refractivity (Wildman–Crippen MR) is 142 cm³/mol. The highest BCUT2D eigenvalue weighted by atomic mass is 16.5. The van der Waals surface area contributed by atoms with Crippen molar-refractivity contribution in [2.24, 2.45) is 0 Å². The Bertz CT molecular complexity index is 1120. The fourth-order valence-corrected chi connectivity index (χ4v) is 3.58. The smallest absolute Gasteiger partial charge is 0.338 e. The van der Waals surface area contributed by atoms with Gasteiger partial charge in [-0.05, 0) is 61.4 Å². The van der Waals surface area contributed by atoms with Crippen LogP contribution in [0.5, 0.6) is 5.75 Å². The molecule has 2 amide bonds. The Morgan fingerprint density at radius 1 is 0.919 bits per heavy atom. The van der Waals surface area contributed by atoms with Crippen LogP contribution in [0.1, 0.15) is 29.3 Å². The van der Waals surface area contributed by atoms with E-state index < -0.39 is 18.2 Å². The van der Waals surface area contributed by atoms with Gasteiger partial charge >= 0.3 is 12.0 Å². The molecule has 0 saturated carbocycles. The summed E-state index contributed by atoms with van der Waals surface area (Å²) in [4.78, 5) is 24.2. The lowest BCUT2D eigenvalue weighted by molar-refractivity contribution is 0.0526. The zero-order valence-corrected chi connectivity index (χ0v) is 20.7. The molecule has 0 spiro atoms. The molecule has 9 nitrogen and oxygen atoms in total. The molecule has 3 aromatic carbocycles. The highest BCUT2D eigenvalue weighted by Gasteiger charge is 2.14. The van der Waals surface area contributed by atoms with Gasteiger partial charge in [0.15, 0.2) is 0 Å². The summed E-state index contributed by atoms with van der Waals surface area (Å²) in [6, 6.07) is 22.2. The number of aliphatic hydroxyl groups excluding tert-OH is 2. The Labute approximate surface area is 216 Å². The second-order valence-electron chi connectivity index (χ2n) is 8.29. The number of ether oxygens (including phenoxy) is 2. The van der Waals surface area contributed by atoms with Gasteiger partial charge in [0.05, 0.1) is 25.4 Å². The number of benzene rings is 3. The summed E-state index contributed by atoms with van der Waals surface area (Å²) in [7, 11) is 0. The SMILES string of the molecule is CCOC(=O)c1cccc(NC(=O)Nc2ccc(C[C@@H](CO)N[C@@H](O)CCOc3ccccc3)cc2)c1. The highest BCUT2D eigenvalue weighted by Crippen LogP contribution is 2.15. The number of hydrogen-bond donors (Lipinski definition) is 5. The van der Waals surface area contributed by atoms with Crippen molar-refractivity contribution < 1.29 is 29.3 Å². The molecule has 3 aromatic rings. The summed E-state index contributed by atoms with van der Waals surface area (Å²) in [5.41, 5.74) is 2.32. The number of rotatable bonds is 13. The number of anilines is 2. The summed E-state index contributed by atoms with van der Waals surface area (Å²) < 4.78 is 10.6. The topological polar surface area (TPSA) is 129 Å². The molecule has 37 heavy (non-hydrogen) atoms. The number of carbonyl (C=O) groups is 2. The van der Waals surface area contributed by atoms with Gasteiger partial charge in [-0.3, -0.25) is 5.32 Å². The third-order valence-corrected chi connectivity index (χ3v) is 5.38. The van der Waals surface area contributed by atoms with Crippen molar-refractivity contribution in [3.05, 3.63) is 90.0 Å². The molecule has 0 aliphatic rings. The lowest BCUT2D eigenvalue weighted by Crippen LogP contribution is -2.42. The maximum atomic E-state index is 12.4. The summed E-state index contributed by atoms with van der Waals surface area (Å²) in [6.07, 6.45) is 0.0274. The van der Waals surface area contributed by atoms with Crippen LogP contribution in [0.3, 0.4) is 0 Å². The largest absolute Gasteiger partial charge is 0.493 e. The average Bonchev–Trinajstić information content (AvgIpc) is 2.90. The van der Waals surface area contributed by atoms with Crippen molar-refractivity contribution in [2.75, 3.05) is 30.5 Å². The van der Waals surface area contributed by atoms with E-state index in [9.17, 15) is 19.8 Å². The third-order valence-electron chi connectivity index (χ3n) is 5.38. The van der Waals surface area contributed by atoms with Crippen LogP contribution in [-0.2, 0) is 11.2 Å². The minimum absolute atomic E-state index is 0.149. The Hall–Kier alpha value is -3.92. The summed E-state index contributed by atoms with van der Waals surface area (Å²) in [6.45, 7) is 2.19. The molecular weight excluding hydrogens is 474 g/mol. The minimum atomic E-state index is -0.826. The molecule has 0 bridgehead atoms. The molecule has 0 unspecified atom stereocenters.